The van der Waals surface area contributed by atoms with Gasteiger partial charge in [-0.15, -0.1) is 0 Å². The Bertz CT molecular complexity index is 532. The van der Waals surface area contributed by atoms with E-state index in [4.69, 9.17) is 15.9 Å². The second-order valence-electron chi connectivity index (χ2n) is 4.80. The Morgan fingerprint density at radius 1 is 0.840 bits per heavy atom. The normalized spacial score (nSPS) is 13.9. The summed E-state index contributed by atoms with van der Waals surface area (Å²) in [6, 6.07) is -3.67. The molecular formula is C12H20N4O7S2. The molecule has 25 heavy (non-hydrogen) atoms. The van der Waals surface area contributed by atoms with Crippen LogP contribution in [0.5, 0.6) is 0 Å². The van der Waals surface area contributed by atoms with Crippen LogP contribution < -0.4 is 21.7 Å². The Labute approximate surface area is 153 Å². The van der Waals surface area contributed by atoms with Crippen LogP contribution >= 0.6 is 25.3 Å². The van der Waals surface area contributed by atoms with Crippen LogP contribution in [-0.2, 0) is 24.0 Å². The highest BCUT2D eigenvalue weighted by atomic mass is 32.1. The van der Waals surface area contributed by atoms with Crippen LogP contribution in [0.1, 0.15) is 6.42 Å². The fourth-order valence-corrected chi connectivity index (χ4v) is 1.92. The maximum Gasteiger partial charge on any atom is 0.322 e. The summed E-state index contributed by atoms with van der Waals surface area (Å²) in [6.07, 6.45) is -0.777. The molecule has 0 aliphatic heterocycles. The summed E-state index contributed by atoms with van der Waals surface area (Å²) in [6.45, 7) is -0.742. The molecule has 3 unspecified atom stereocenters. The first kappa shape index (κ1) is 23.0. The molecular weight excluding hydrogens is 376 g/mol. The lowest BCUT2D eigenvalue weighted by molar-refractivity contribution is -0.141. The third-order valence-corrected chi connectivity index (χ3v) is 3.53. The van der Waals surface area contributed by atoms with Gasteiger partial charge in [0.2, 0.25) is 17.7 Å². The molecule has 0 aliphatic rings. The van der Waals surface area contributed by atoms with Gasteiger partial charge in [-0.3, -0.25) is 24.0 Å². The molecule has 13 heteroatoms. The Hall–Kier alpha value is -1.99. The van der Waals surface area contributed by atoms with Crippen molar-refractivity contribution in [1.82, 2.24) is 16.0 Å². The van der Waals surface area contributed by atoms with Crippen molar-refractivity contribution in [3.8, 4) is 0 Å². The summed E-state index contributed by atoms with van der Waals surface area (Å²) in [7, 11) is 0. The number of thiol groups is 2. The number of aliphatic carboxylic acids is 2. The first-order chi connectivity index (χ1) is 11.6. The topological polar surface area (TPSA) is 188 Å². The second kappa shape index (κ2) is 11.5. The van der Waals surface area contributed by atoms with E-state index in [-0.39, 0.29) is 11.5 Å². The van der Waals surface area contributed by atoms with Crippen LogP contribution in [-0.4, -0.2) is 76.0 Å². The molecule has 0 radical (unpaired) electrons. The number of hydrogen-bond acceptors (Lipinski definition) is 8. The number of nitrogens with two attached hydrogens (primary N) is 1. The number of carboxylic acids is 2. The van der Waals surface area contributed by atoms with Gasteiger partial charge in [0.25, 0.3) is 0 Å². The van der Waals surface area contributed by atoms with Gasteiger partial charge in [-0.1, -0.05) is 0 Å². The molecule has 0 heterocycles. The van der Waals surface area contributed by atoms with Crippen LogP contribution in [0, 0.1) is 0 Å². The number of carbonyl (C=O) groups is 5. The van der Waals surface area contributed by atoms with Gasteiger partial charge in [-0.25, -0.2) is 0 Å². The van der Waals surface area contributed by atoms with E-state index in [0.717, 1.165) is 0 Å². The van der Waals surface area contributed by atoms with Gasteiger partial charge in [-0.2, -0.15) is 25.3 Å². The van der Waals surface area contributed by atoms with Gasteiger partial charge in [-0.05, 0) is 0 Å². The fraction of sp³-hybridized carbons (Fsp3) is 0.583. The van der Waals surface area contributed by atoms with Crippen LogP contribution in [0.2, 0.25) is 0 Å². The Morgan fingerprint density at radius 3 is 1.84 bits per heavy atom. The van der Waals surface area contributed by atoms with Gasteiger partial charge in [0, 0.05) is 11.5 Å². The van der Waals surface area contributed by atoms with Crippen molar-refractivity contribution >= 4 is 54.9 Å². The zero-order valence-electron chi connectivity index (χ0n) is 13.0. The quantitative estimate of drug-likeness (QED) is 0.168. The second-order valence-corrected chi connectivity index (χ2v) is 5.53. The first-order valence-electron chi connectivity index (χ1n) is 6.91. The summed E-state index contributed by atoms with van der Waals surface area (Å²) in [5.41, 5.74) is 5.46. The predicted octanol–water partition coefficient (Wildman–Crippen LogP) is -3.18. The fourth-order valence-electron chi connectivity index (χ4n) is 1.50. The molecule has 0 saturated heterocycles. The molecule has 0 aromatic rings. The summed E-state index contributed by atoms with van der Waals surface area (Å²) < 4.78 is 0. The van der Waals surface area contributed by atoms with Crippen LogP contribution in [0.25, 0.3) is 0 Å². The average Bonchev–Trinajstić information content (AvgIpc) is 2.54. The minimum atomic E-state index is -1.53. The molecule has 0 fully saturated rings. The van der Waals surface area contributed by atoms with Crippen LogP contribution in [0.3, 0.4) is 0 Å². The lowest BCUT2D eigenvalue weighted by atomic mass is 10.1. The minimum Gasteiger partial charge on any atom is -0.481 e. The summed E-state index contributed by atoms with van der Waals surface area (Å²) in [5, 5.41) is 23.7. The SMILES string of the molecule is NC(CS)C(=O)NC(CS)C(=O)NC(CC(=O)O)C(=O)NCC(=O)O. The van der Waals surface area contributed by atoms with E-state index in [9.17, 15) is 24.0 Å². The molecule has 3 amide bonds. The molecule has 0 aromatic heterocycles. The first-order valence-corrected chi connectivity index (χ1v) is 8.18. The van der Waals surface area contributed by atoms with Gasteiger partial charge in [0.15, 0.2) is 0 Å². The summed E-state index contributed by atoms with van der Waals surface area (Å²) in [5.74, 6) is -5.37. The largest absolute Gasteiger partial charge is 0.481 e. The summed E-state index contributed by atoms with van der Waals surface area (Å²) >= 11 is 7.76. The molecule has 7 N–H and O–H groups in total. The molecule has 0 rings (SSSR count). The third kappa shape index (κ3) is 9.16. The molecule has 142 valence electrons. The smallest absolute Gasteiger partial charge is 0.322 e. The molecule has 0 saturated carbocycles. The number of nitrogens with one attached hydrogen (secondary N) is 3. The Morgan fingerprint density at radius 2 is 1.40 bits per heavy atom. The van der Waals surface area contributed by atoms with Gasteiger partial charge in [0.1, 0.15) is 18.6 Å². The van der Waals surface area contributed by atoms with E-state index in [2.05, 4.69) is 35.9 Å². The van der Waals surface area contributed by atoms with Crippen LogP contribution in [0.4, 0.5) is 0 Å². The maximum absolute atomic E-state index is 12.1. The van der Waals surface area contributed by atoms with E-state index < -0.39 is 60.8 Å². The monoisotopic (exact) mass is 396 g/mol. The number of rotatable bonds is 11. The highest BCUT2D eigenvalue weighted by Crippen LogP contribution is 1.98. The van der Waals surface area contributed by atoms with E-state index >= 15 is 0 Å². The van der Waals surface area contributed by atoms with Crippen molar-refractivity contribution in [1.29, 1.82) is 0 Å². The van der Waals surface area contributed by atoms with Crippen molar-refractivity contribution in [2.75, 3.05) is 18.1 Å². The molecule has 11 nitrogen and oxygen atoms in total. The van der Waals surface area contributed by atoms with Crippen molar-refractivity contribution < 1.29 is 34.2 Å². The van der Waals surface area contributed by atoms with E-state index in [0.29, 0.717) is 0 Å². The third-order valence-electron chi connectivity index (χ3n) is 2.77. The zero-order chi connectivity index (χ0) is 19.6. The van der Waals surface area contributed by atoms with Crippen molar-refractivity contribution in [2.24, 2.45) is 5.73 Å². The minimum absolute atomic E-state index is 0.0337. The lowest BCUT2D eigenvalue weighted by Gasteiger charge is -2.22. The number of hydrogen-bond donors (Lipinski definition) is 8. The molecule has 0 aliphatic carbocycles. The average molecular weight is 396 g/mol. The highest BCUT2D eigenvalue weighted by Gasteiger charge is 2.28. The van der Waals surface area contributed by atoms with E-state index in [1.54, 1.807) is 0 Å². The number of carboxylic acid groups (broad SMARTS) is 2. The number of carbonyl (C=O) groups excluding carboxylic acids is 3. The molecule has 3 atom stereocenters. The molecule has 0 spiro atoms. The number of amides is 3. The zero-order valence-corrected chi connectivity index (χ0v) is 14.8. The van der Waals surface area contributed by atoms with Gasteiger partial charge in [0.05, 0.1) is 12.5 Å². The standard InChI is InChI=1S/C12H20N4O7S2/c13-5(3-24)10(21)16-7(4-25)12(23)15-6(1-8(17)18)11(22)14-2-9(19)20/h5-7,24-25H,1-4,13H2,(H,14,22)(H,15,23)(H,16,21)(H,17,18)(H,19,20). The highest BCUT2D eigenvalue weighted by molar-refractivity contribution is 7.80. The van der Waals surface area contributed by atoms with Crippen molar-refractivity contribution in [2.45, 2.75) is 24.5 Å². The molecule has 0 bridgehead atoms. The van der Waals surface area contributed by atoms with Crippen LogP contribution in [0.15, 0.2) is 0 Å². The van der Waals surface area contributed by atoms with Gasteiger partial charge < -0.3 is 31.9 Å². The van der Waals surface area contributed by atoms with E-state index in [1.807, 2.05) is 5.32 Å². The Balaban J connectivity index is 4.96. The van der Waals surface area contributed by atoms with Crippen molar-refractivity contribution in [3.63, 3.8) is 0 Å². The Kier molecular flexibility index (Phi) is 10.6. The van der Waals surface area contributed by atoms with E-state index in [1.165, 1.54) is 0 Å². The predicted molar refractivity (Wildman–Crippen MR) is 92.4 cm³/mol. The van der Waals surface area contributed by atoms with Crippen molar-refractivity contribution in [3.05, 3.63) is 0 Å². The van der Waals surface area contributed by atoms with Gasteiger partial charge >= 0.3 is 11.9 Å². The maximum atomic E-state index is 12.1. The lowest BCUT2D eigenvalue weighted by Crippen LogP contribution is -2.57. The molecule has 0 aromatic carbocycles. The summed E-state index contributed by atoms with van der Waals surface area (Å²) in [4.78, 5) is 56.9.